The number of esters is 1. The molecule has 1 aromatic heterocycles. The number of halogens is 3. The second kappa shape index (κ2) is 10.2. The van der Waals surface area contributed by atoms with Crippen LogP contribution in [0, 0.1) is 5.92 Å². The van der Waals surface area contributed by atoms with Crippen LogP contribution in [0.2, 0.25) is 0 Å². The van der Waals surface area contributed by atoms with Gasteiger partial charge in [-0.15, -0.1) is 0 Å². The van der Waals surface area contributed by atoms with Crippen molar-refractivity contribution in [2.24, 2.45) is 5.92 Å². The summed E-state index contributed by atoms with van der Waals surface area (Å²) in [6.45, 7) is -0.0288. The van der Waals surface area contributed by atoms with Crippen LogP contribution in [0.15, 0.2) is 29.3 Å². The number of hydrogen-bond acceptors (Lipinski definition) is 5. The average molecular weight is 495 g/mol. The molecule has 35 heavy (non-hydrogen) atoms. The van der Waals surface area contributed by atoms with E-state index in [0.29, 0.717) is 24.4 Å². The Labute approximate surface area is 200 Å². The first-order chi connectivity index (χ1) is 16.7. The van der Waals surface area contributed by atoms with Crippen LogP contribution < -0.4 is 5.69 Å². The molecule has 1 saturated carbocycles. The van der Waals surface area contributed by atoms with Crippen LogP contribution in [0.25, 0.3) is 5.69 Å². The highest BCUT2D eigenvalue weighted by Crippen LogP contribution is 2.34. The summed E-state index contributed by atoms with van der Waals surface area (Å²) in [5.74, 6) is -1.59. The standard InChI is InChI=1S/C24H29F3N4O4/c1-35-21(32)9-4-16-2-6-19(7-3-16)30-15-28-31(23(30)34)20-8-5-17-10-12-29(13-11-18(17)14-20)22(33)24(25,26)27/h5,8,14-16,19H,2-4,6-7,9-13H2,1H3. The van der Waals surface area contributed by atoms with E-state index in [1.165, 1.54) is 18.1 Å². The average Bonchev–Trinajstić information content (AvgIpc) is 3.10. The molecule has 0 bridgehead atoms. The number of alkyl halides is 3. The Morgan fingerprint density at radius 2 is 1.77 bits per heavy atom. The Kier molecular flexibility index (Phi) is 7.32. The van der Waals surface area contributed by atoms with Gasteiger partial charge in [-0.2, -0.15) is 23.0 Å². The maximum absolute atomic E-state index is 13.1. The molecule has 1 aromatic carbocycles. The van der Waals surface area contributed by atoms with Crippen LogP contribution in [0.5, 0.6) is 0 Å². The minimum Gasteiger partial charge on any atom is -0.469 e. The van der Waals surface area contributed by atoms with Crippen LogP contribution in [-0.4, -0.2) is 57.5 Å². The van der Waals surface area contributed by atoms with Crippen LogP contribution in [0.1, 0.15) is 55.7 Å². The van der Waals surface area contributed by atoms with Crippen molar-refractivity contribution in [3.63, 3.8) is 0 Å². The second-order valence-corrected chi connectivity index (χ2v) is 9.26. The van der Waals surface area contributed by atoms with Gasteiger partial charge in [0.05, 0.1) is 12.8 Å². The second-order valence-electron chi connectivity index (χ2n) is 9.26. The van der Waals surface area contributed by atoms with E-state index in [4.69, 9.17) is 4.74 Å². The maximum Gasteiger partial charge on any atom is 0.471 e. The Bertz CT molecular complexity index is 1130. The topological polar surface area (TPSA) is 86.4 Å². The summed E-state index contributed by atoms with van der Waals surface area (Å²) in [4.78, 5) is 37.0. The van der Waals surface area contributed by atoms with Crippen molar-refractivity contribution in [3.8, 4) is 5.69 Å². The smallest absolute Gasteiger partial charge is 0.469 e. The van der Waals surface area contributed by atoms with E-state index in [9.17, 15) is 27.6 Å². The molecule has 0 spiro atoms. The zero-order valence-corrected chi connectivity index (χ0v) is 19.6. The number of ether oxygens (including phenoxy) is 1. The van der Waals surface area contributed by atoms with Gasteiger partial charge in [0.25, 0.3) is 0 Å². The van der Waals surface area contributed by atoms with Gasteiger partial charge in [0.15, 0.2) is 0 Å². The summed E-state index contributed by atoms with van der Waals surface area (Å²) in [5, 5.41) is 4.29. The molecular weight excluding hydrogens is 465 g/mol. The quantitative estimate of drug-likeness (QED) is 0.596. The summed E-state index contributed by atoms with van der Waals surface area (Å²) in [5.41, 5.74) is 1.97. The van der Waals surface area contributed by atoms with E-state index in [1.807, 2.05) is 0 Å². The predicted molar refractivity (Wildman–Crippen MR) is 120 cm³/mol. The lowest BCUT2D eigenvalue weighted by Gasteiger charge is -2.28. The van der Waals surface area contributed by atoms with Crippen molar-refractivity contribution in [3.05, 3.63) is 46.1 Å². The highest BCUT2D eigenvalue weighted by Gasteiger charge is 2.42. The molecule has 2 aromatic rings. The molecule has 8 nitrogen and oxygen atoms in total. The first-order valence-electron chi connectivity index (χ1n) is 11.9. The number of benzene rings is 1. The lowest BCUT2D eigenvalue weighted by atomic mass is 9.83. The van der Waals surface area contributed by atoms with Gasteiger partial charge >= 0.3 is 23.7 Å². The number of fused-ring (bicyclic) bond motifs is 1. The number of nitrogens with zero attached hydrogens (tertiary/aromatic N) is 4. The SMILES string of the molecule is COC(=O)CCC1CCC(n2cnn(-c3ccc4c(c3)CCN(C(=O)C(F)(F)F)CC4)c2=O)CC1. The van der Waals surface area contributed by atoms with Crippen molar-refractivity contribution in [1.82, 2.24) is 19.2 Å². The first kappa shape index (κ1) is 25.0. The van der Waals surface area contributed by atoms with E-state index < -0.39 is 12.1 Å². The van der Waals surface area contributed by atoms with E-state index >= 15 is 0 Å². The fourth-order valence-corrected chi connectivity index (χ4v) is 5.10. The number of methoxy groups -OCH3 is 1. The molecule has 2 heterocycles. The van der Waals surface area contributed by atoms with Gasteiger partial charge in [-0.05, 0) is 74.1 Å². The number of hydrogen-bond donors (Lipinski definition) is 0. The first-order valence-corrected chi connectivity index (χ1v) is 11.9. The molecule has 1 fully saturated rings. The minimum atomic E-state index is -4.89. The van der Waals surface area contributed by atoms with Gasteiger partial charge in [0.2, 0.25) is 0 Å². The largest absolute Gasteiger partial charge is 0.471 e. The molecule has 1 aliphatic heterocycles. The molecule has 1 amide bonds. The molecule has 0 saturated heterocycles. The molecule has 0 N–H and O–H groups in total. The summed E-state index contributed by atoms with van der Waals surface area (Å²) in [6, 6.07) is 5.35. The molecule has 4 rings (SSSR count). The Balaban J connectivity index is 1.43. The molecule has 0 atom stereocenters. The maximum atomic E-state index is 13.1. The third kappa shape index (κ3) is 5.59. The highest BCUT2D eigenvalue weighted by molar-refractivity contribution is 5.82. The van der Waals surface area contributed by atoms with Crippen molar-refractivity contribution in [2.45, 2.75) is 63.6 Å². The van der Waals surface area contributed by atoms with E-state index in [2.05, 4.69) is 5.10 Å². The Hall–Kier alpha value is -3.11. The fraction of sp³-hybridized carbons (Fsp3) is 0.583. The molecule has 190 valence electrons. The van der Waals surface area contributed by atoms with Gasteiger partial charge in [-0.1, -0.05) is 6.07 Å². The summed E-state index contributed by atoms with van der Waals surface area (Å²) >= 11 is 0. The van der Waals surface area contributed by atoms with Gasteiger partial charge in [0, 0.05) is 25.6 Å². The molecule has 0 radical (unpaired) electrons. The number of aromatic nitrogens is 3. The summed E-state index contributed by atoms with van der Waals surface area (Å²) < 4.78 is 46.1. The minimum absolute atomic E-state index is 0.00156. The zero-order valence-electron chi connectivity index (χ0n) is 19.6. The molecule has 2 aliphatic rings. The van der Waals surface area contributed by atoms with Crippen LogP contribution in [0.4, 0.5) is 13.2 Å². The number of carbonyl (C=O) groups is 2. The molecule has 1 aliphatic carbocycles. The highest BCUT2D eigenvalue weighted by atomic mass is 19.4. The molecule has 0 unspecified atom stereocenters. The number of amides is 1. The predicted octanol–water partition coefficient (Wildman–Crippen LogP) is 3.21. The van der Waals surface area contributed by atoms with Gasteiger partial charge < -0.3 is 9.64 Å². The van der Waals surface area contributed by atoms with Crippen LogP contribution in [0.3, 0.4) is 0 Å². The normalized spacial score (nSPS) is 20.7. The summed E-state index contributed by atoms with van der Waals surface area (Å²) in [7, 11) is 1.39. The molecular formula is C24H29F3N4O4. The molecule has 11 heteroatoms. The fourth-order valence-electron chi connectivity index (χ4n) is 5.10. The van der Waals surface area contributed by atoms with Crippen molar-refractivity contribution in [1.29, 1.82) is 0 Å². The number of rotatable bonds is 5. The van der Waals surface area contributed by atoms with Gasteiger partial charge in [0.1, 0.15) is 6.33 Å². The van der Waals surface area contributed by atoms with Crippen molar-refractivity contribution >= 4 is 11.9 Å². The third-order valence-electron chi connectivity index (χ3n) is 7.15. The summed E-state index contributed by atoms with van der Waals surface area (Å²) in [6.07, 6.45) is 1.93. The van der Waals surface area contributed by atoms with Crippen LogP contribution >= 0.6 is 0 Å². The van der Waals surface area contributed by atoms with E-state index in [0.717, 1.165) is 48.1 Å². The lowest BCUT2D eigenvalue weighted by molar-refractivity contribution is -0.185. The van der Waals surface area contributed by atoms with Gasteiger partial charge in [-0.3, -0.25) is 14.2 Å². The van der Waals surface area contributed by atoms with E-state index in [-0.39, 0.29) is 37.2 Å². The monoisotopic (exact) mass is 494 g/mol. The third-order valence-corrected chi connectivity index (χ3v) is 7.15. The zero-order chi connectivity index (χ0) is 25.2. The lowest BCUT2D eigenvalue weighted by Crippen LogP contribution is -2.42. The van der Waals surface area contributed by atoms with Gasteiger partial charge in [-0.25, -0.2) is 4.79 Å². The Morgan fingerprint density at radius 3 is 2.43 bits per heavy atom. The number of carbonyl (C=O) groups excluding carboxylic acids is 2. The van der Waals surface area contributed by atoms with E-state index in [1.54, 1.807) is 22.8 Å². The van der Waals surface area contributed by atoms with Crippen molar-refractivity contribution < 1.29 is 27.5 Å². The Morgan fingerprint density at radius 1 is 1.09 bits per heavy atom. The van der Waals surface area contributed by atoms with Crippen LogP contribution in [-0.2, 0) is 27.2 Å². The van der Waals surface area contributed by atoms with Crippen molar-refractivity contribution in [2.75, 3.05) is 20.2 Å².